The van der Waals surface area contributed by atoms with Gasteiger partial charge in [0, 0.05) is 24.5 Å². The number of nitrogens with two attached hydrogens (primary N) is 1. The first-order valence-corrected chi connectivity index (χ1v) is 9.74. The second-order valence-corrected chi connectivity index (χ2v) is 8.31. The summed E-state index contributed by atoms with van der Waals surface area (Å²) in [7, 11) is -3.47. The zero-order valence-corrected chi connectivity index (χ0v) is 14.6. The fourth-order valence-corrected chi connectivity index (χ4v) is 6.10. The second kappa shape index (κ2) is 6.67. The van der Waals surface area contributed by atoms with E-state index in [0.29, 0.717) is 18.1 Å². The van der Waals surface area contributed by atoms with Gasteiger partial charge in [0.25, 0.3) is 0 Å². The van der Waals surface area contributed by atoms with E-state index in [4.69, 9.17) is 10.5 Å². The van der Waals surface area contributed by atoms with E-state index in [1.807, 2.05) is 43.3 Å². The minimum Gasteiger partial charge on any atom is -0.381 e. The van der Waals surface area contributed by atoms with E-state index in [2.05, 4.69) is 0 Å². The van der Waals surface area contributed by atoms with Crippen LogP contribution in [0, 0.1) is 5.41 Å². The topological polar surface area (TPSA) is 69.4 Å². The highest BCUT2D eigenvalue weighted by molar-refractivity contribution is 7.92. The number of hydrogen-bond acceptors (Lipinski definition) is 4. The SMILES string of the molecule is CCOC[C@@]1(CN)[C@@H](c2ccccc2)[C@@H]1S(=O)(=O)c1ccccc1. The lowest BCUT2D eigenvalue weighted by Crippen LogP contribution is -2.29. The van der Waals surface area contributed by atoms with Gasteiger partial charge in [-0.2, -0.15) is 0 Å². The van der Waals surface area contributed by atoms with Gasteiger partial charge < -0.3 is 10.5 Å². The third kappa shape index (κ3) is 2.77. The zero-order chi connectivity index (χ0) is 17.2. The molecule has 24 heavy (non-hydrogen) atoms. The molecule has 1 saturated carbocycles. The van der Waals surface area contributed by atoms with Crippen LogP contribution in [0.4, 0.5) is 0 Å². The lowest BCUT2D eigenvalue weighted by atomic mass is 10.0. The Bertz CT molecular complexity index is 777. The van der Waals surface area contributed by atoms with E-state index in [9.17, 15) is 8.42 Å². The highest BCUT2D eigenvalue weighted by Gasteiger charge is 2.70. The summed E-state index contributed by atoms with van der Waals surface area (Å²) in [4.78, 5) is 0.350. The number of hydrogen-bond donors (Lipinski definition) is 1. The predicted octanol–water partition coefficient (Wildman–Crippen LogP) is 2.61. The van der Waals surface area contributed by atoms with Crippen LogP contribution in [0.1, 0.15) is 18.4 Å². The van der Waals surface area contributed by atoms with Crippen molar-refractivity contribution in [1.29, 1.82) is 0 Å². The highest BCUT2D eigenvalue weighted by Crippen LogP contribution is 2.63. The minimum absolute atomic E-state index is 0.138. The van der Waals surface area contributed by atoms with Crippen molar-refractivity contribution in [3.63, 3.8) is 0 Å². The average molecular weight is 345 g/mol. The van der Waals surface area contributed by atoms with Crippen LogP contribution in [0.25, 0.3) is 0 Å². The Kier molecular flexibility index (Phi) is 4.76. The van der Waals surface area contributed by atoms with E-state index < -0.39 is 20.5 Å². The number of sulfone groups is 1. The maximum atomic E-state index is 13.2. The zero-order valence-electron chi connectivity index (χ0n) is 13.8. The van der Waals surface area contributed by atoms with Gasteiger partial charge in [0.2, 0.25) is 0 Å². The third-order valence-corrected chi connectivity index (χ3v) is 7.24. The molecule has 128 valence electrons. The molecule has 0 saturated heterocycles. The normalized spacial score (nSPS) is 26.2. The number of benzene rings is 2. The van der Waals surface area contributed by atoms with Crippen molar-refractivity contribution >= 4 is 9.84 Å². The van der Waals surface area contributed by atoms with Crippen molar-refractivity contribution in [2.24, 2.45) is 11.1 Å². The molecule has 5 heteroatoms. The molecule has 0 amide bonds. The van der Waals surface area contributed by atoms with Crippen LogP contribution in [0.15, 0.2) is 65.6 Å². The molecule has 2 aromatic rings. The van der Waals surface area contributed by atoms with Crippen LogP contribution in [0.2, 0.25) is 0 Å². The van der Waals surface area contributed by atoms with E-state index in [0.717, 1.165) is 5.56 Å². The van der Waals surface area contributed by atoms with Gasteiger partial charge in [0.15, 0.2) is 9.84 Å². The van der Waals surface area contributed by atoms with E-state index >= 15 is 0 Å². The van der Waals surface area contributed by atoms with Gasteiger partial charge in [0.05, 0.1) is 16.8 Å². The first kappa shape index (κ1) is 17.1. The summed E-state index contributed by atoms with van der Waals surface area (Å²) in [6, 6.07) is 18.4. The van der Waals surface area contributed by atoms with E-state index in [-0.39, 0.29) is 12.5 Å². The molecule has 0 unspecified atom stereocenters. The fourth-order valence-electron chi connectivity index (χ4n) is 3.63. The molecule has 1 aliphatic rings. The van der Waals surface area contributed by atoms with Crippen molar-refractivity contribution in [1.82, 2.24) is 0 Å². The summed E-state index contributed by atoms with van der Waals surface area (Å²) in [5.41, 5.74) is 6.50. The molecule has 1 aliphatic carbocycles. The summed E-state index contributed by atoms with van der Waals surface area (Å²) in [5.74, 6) is -0.138. The highest BCUT2D eigenvalue weighted by atomic mass is 32.2. The van der Waals surface area contributed by atoms with Crippen molar-refractivity contribution in [2.75, 3.05) is 19.8 Å². The Hall–Kier alpha value is -1.69. The van der Waals surface area contributed by atoms with Gasteiger partial charge in [-0.3, -0.25) is 0 Å². The summed E-state index contributed by atoms with van der Waals surface area (Å²) in [5, 5.41) is -0.550. The van der Waals surface area contributed by atoms with Gasteiger partial charge in [-0.1, -0.05) is 48.5 Å². The van der Waals surface area contributed by atoms with Crippen molar-refractivity contribution in [3.05, 3.63) is 66.2 Å². The van der Waals surface area contributed by atoms with Crippen LogP contribution >= 0.6 is 0 Å². The molecule has 0 radical (unpaired) electrons. The quantitative estimate of drug-likeness (QED) is 0.837. The van der Waals surface area contributed by atoms with E-state index in [1.165, 1.54) is 0 Å². The maximum absolute atomic E-state index is 13.2. The first-order valence-electron chi connectivity index (χ1n) is 8.19. The van der Waals surface area contributed by atoms with Gasteiger partial charge in [-0.15, -0.1) is 0 Å². The Labute approximate surface area is 143 Å². The van der Waals surface area contributed by atoms with Crippen LogP contribution in [-0.4, -0.2) is 33.4 Å². The standard InChI is InChI=1S/C19H23NO3S/c1-2-23-14-19(13-20)17(15-9-5-3-6-10-15)18(19)24(21,22)16-11-7-4-8-12-16/h3-12,17-18H,2,13-14,20H2,1H3/t17-,18-,19-/m0/s1. The molecular weight excluding hydrogens is 322 g/mol. The van der Waals surface area contributed by atoms with E-state index in [1.54, 1.807) is 24.3 Å². The molecule has 0 aliphatic heterocycles. The number of ether oxygens (including phenoxy) is 1. The number of rotatable bonds is 7. The van der Waals surface area contributed by atoms with Crippen LogP contribution in [0.5, 0.6) is 0 Å². The molecule has 2 aromatic carbocycles. The lowest BCUT2D eigenvalue weighted by Gasteiger charge is -2.16. The molecule has 0 heterocycles. The Morgan fingerprint density at radius 3 is 2.17 bits per heavy atom. The van der Waals surface area contributed by atoms with Crippen LogP contribution in [-0.2, 0) is 14.6 Å². The summed E-state index contributed by atoms with van der Waals surface area (Å²) in [6.07, 6.45) is 0. The predicted molar refractivity (Wildman–Crippen MR) is 94.6 cm³/mol. The Morgan fingerprint density at radius 1 is 1.04 bits per heavy atom. The molecule has 4 nitrogen and oxygen atoms in total. The summed E-state index contributed by atoms with van der Waals surface area (Å²) >= 11 is 0. The molecule has 3 atom stereocenters. The van der Waals surface area contributed by atoms with Gasteiger partial charge >= 0.3 is 0 Å². The lowest BCUT2D eigenvalue weighted by molar-refractivity contribution is 0.101. The van der Waals surface area contributed by atoms with Gasteiger partial charge in [-0.25, -0.2) is 8.42 Å². The van der Waals surface area contributed by atoms with Crippen LogP contribution < -0.4 is 5.73 Å². The molecule has 3 rings (SSSR count). The average Bonchev–Trinajstić information content (AvgIpc) is 3.32. The molecular formula is C19H23NO3S. The molecule has 0 spiro atoms. The Morgan fingerprint density at radius 2 is 1.62 bits per heavy atom. The van der Waals surface area contributed by atoms with Crippen LogP contribution in [0.3, 0.4) is 0 Å². The molecule has 0 bridgehead atoms. The Balaban J connectivity index is 2.03. The molecule has 0 aromatic heterocycles. The van der Waals surface area contributed by atoms with Gasteiger partial charge in [0.1, 0.15) is 0 Å². The minimum atomic E-state index is -3.47. The van der Waals surface area contributed by atoms with Gasteiger partial charge in [-0.05, 0) is 24.6 Å². The largest absolute Gasteiger partial charge is 0.381 e. The first-order chi connectivity index (χ1) is 11.6. The summed E-state index contributed by atoms with van der Waals surface area (Å²) < 4.78 is 32.0. The second-order valence-electron chi connectivity index (χ2n) is 6.24. The van der Waals surface area contributed by atoms with Crippen molar-refractivity contribution in [2.45, 2.75) is 23.0 Å². The smallest absolute Gasteiger partial charge is 0.182 e. The monoisotopic (exact) mass is 345 g/mol. The summed E-state index contributed by atoms with van der Waals surface area (Å²) in [6.45, 7) is 3.09. The van der Waals surface area contributed by atoms with Crippen molar-refractivity contribution in [3.8, 4) is 0 Å². The molecule has 2 N–H and O–H groups in total. The van der Waals surface area contributed by atoms with Crippen molar-refractivity contribution < 1.29 is 13.2 Å². The maximum Gasteiger partial charge on any atom is 0.182 e. The molecule has 1 fully saturated rings. The third-order valence-electron chi connectivity index (χ3n) is 4.90. The fraction of sp³-hybridized carbons (Fsp3) is 0.368.